The van der Waals surface area contributed by atoms with E-state index in [1.165, 1.54) is 30.0 Å². The van der Waals surface area contributed by atoms with E-state index in [-0.39, 0.29) is 10.5 Å². The molecule has 1 aliphatic heterocycles. The molecule has 0 aliphatic carbocycles. The van der Waals surface area contributed by atoms with Crippen LogP contribution in [0.3, 0.4) is 0 Å². The SMILES string of the molecule is FC(F)(F)c1ccc([N@+]2(c3ncns3)c3ccccc3OCC2c2ccccc2)cc1. The quantitative estimate of drug-likeness (QED) is 0.334. The van der Waals surface area contributed by atoms with Crippen molar-refractivity contribution in [2.45, 2.75) is 12.2 Å². The van der Waals surface area contributed by atoms with Crippen LogP contribution in [0.15, 0.2) is 85.2 Å². The molecule has 0 fully saturated rings. The molecule has 2 heterocycles. The Bertz CT molecular complexity index is 1180. The molecule has 156 valence electrons. The molecule has 0 amide bonds. The number of ether oxygens (including phenoxy) is 1. The molecular weight excluding hydrogens is 423 g/mol. The molecule has 8 heteroatoms. The summed E-state index contributed by atoms with van der Waals surface area (Å²) in [5.41, 5.74) is 1.77. The largest absolute Gasteiger partial charge is 0.481 e. The summed E-state index contributed by atoms with van der Waals surface area (Å²) in [7, 11) is 0. The molecule has 0 bridgehead atoms. The van der Waals surface area contributed by atoms with Crippen molar-refractivity contribution < 1.29 is 17.9 Å². The van der Waals surface area contributed by atoms with Crippen LogP contribution in [0, 0.1) is 0 Å². The molecule has 0 N–H and O–H groups in total. The minimum absolute atomic E-state index is 0.100. The van der Waals surface area contributed by atoms with Crippen molar-refractivity contribution in [1.82, 2.24) is 13.8 Å². The zero-order valence-electron chi connectivity index (χ0n) is 16.2. The zero-order valence-corrected chi connectivity index (χ0v) is 17.0. The maximum absolute atomic E-state index is 13.3. The van der Waals surface area contributed by atoms with Gasteiger partial charge in [-0.05, 0) is 18.2 Å². The molecular formula is C23H17F3N3OS+. The molecule has 0 radical (unpaired) electrons. The van der Waals surface area contributed by atoms with Gasteiger partial charge in [0.25, 0.3) is 0 Å². The molecule has 2 atom stereocenters. The van der Waals surface area contributed by atoms with Crippen molar-refractivity contribution in [2.75, 3.05) is 6.61 Å². The number of rotatable bonds is 3. The first-order valence-electron chi connectivity index (χ1n) is 9.62. The van der Waals surface area contributed by atoms with Crippen LogP contribution in [0.25, 0.3) is 0 Å². The van der Waals surface area contributed by atoms with Crippen LogP contribution in [0.2, 0.25) is 0 Å². The summed E-state index contributed by atoms with van der Waals surface area (Å²) < 4.78 is 50.2. The second kappa shape index (κ2) is 7.47. The van der Waals surface area contributed by atoms with Crippen molar-refractivity contribution in [3.63, 3.8) is 0 Å². The highest BCUT2D eigenvalue weighted by Gasteiger charge is 2.52. The van der Waals surface area contributed by atoms with E-state index in [0.717, 1.165) is 23.4 Å². The Morgan fingerprint density at radius 2 is 1.61 bits per heavy atom. The molecule has 0 saturated heterocycles. The van der Waals surface area contributed by atoms with Gasteiger partial charge < -0.3 is 4.74 Å². The average molecular weight is 440 g/mol. The van der Waals surface area contributed by atoms with Crippen LogP contribution in [-0.2, 0) is 6.18 Å². The van der Waals surface area contributed by atoms with Gasteiger partial charge in [-0.1, -0.05) is 42.5 Å². The topological polar surface area (TPSA) is 35.0 Å². The van der Waals surface area contributed by atoms with Gasteiger partial charge in [-0.2, -0.15) is 27.0 Å². The van der Waals surface area contributed by atoms with Crippen molar-refractivity contribution >= 4 is 28.0 Å². The molecule has 4 aromatic rings. The highest BCUT2D eigenvalue weighted by molar-refractivity contribution is 7.09. The molecule has 31 heavy (non-hydrogen) atoms. The van der Waals surface area contributed by atoms with Crippen LogP contribution in [0.1, 0.15) is 17.2 Å². The van der Waals surface area contributed by atoms with Crippen LogP contribution in [0.4, 0.5) is 29.7 Å². The van der Waals surface area contributed by atoms with Gasteiger partial charge in [0.2, 0.25) is 0 Å². The lowest BCUT2D eigenvalue weighted by Gasteiger charge is -2.44. The number of alkyl halides is 3. The standard InChI is InChI=1S/C23H17F3N3OS/c24-23(25,26)17-10-12-18(13-11-17)29(22-27-15-28-31-22)19-8-4-5-9-21(19)30-14-20(29)16-6-2-1-3-7-16/h1-13,15,20H,14H2/q+1/t20?,29-/m0/s1. The minimum atomic E-state index is -4.41. The van der Waals surface area contributed by atoms with Crippen LogP contribution in [0.5, 0.6) is 5.75 Å². The molecule has 5 rings (SSSR count). The Balaban J connectivity index is 1.82. The number of hydrogen-bond donors (Lipinski definition) is 0. The molecule has 1 aliphatic rings. The van der Waals surface area contributed by atoms with Gasteiger partial charge in [0, 0.05) is 35.3 Å². The molecule has 0 spiro atoms. The van der Waals surface area contributed by atoms with E-state index in [9.17, 15) is 13.2 Å². The number of aromatic nitrogens is 2. The highest BCUT2D eigenvalue weighted by Crippen LogP contribution is 2.57. The van der Waals surface area contributed by atoms with Gasteiger partial charge in [-0.3, -0.25) is 0 Å². The van der Waals surface area contributed by atoms with E-state index in [4.69, 9.17) is 4.74 Å². The maximum atomic E-state index is 13.3. The van der Waals surface area contributed by atoms with Gasteiger partial charge in [0.05, 0.1) is 5.56 Å². The Labute approximate surface area is 180 Å². The summed E-state index contributed by atoms with van der Waals surface area (Å²) in [4.78, 5) is 4.54. The van der Waals surface area contributed by atoms with Crippen LogP contribution in [-0.4, -0.2) is 16.0 Å². The van der Waals surface area contributed by atoms with Crippen molar-refractivity contribution in [1.29, 1.82) is 0 Å². The number of quaternary nitrogens is 1. The average Bonchev–Trinajstić information content (AvgIpc) is 3.33. The number of para-hydroxylation sites is 2. The second-order valence-corrected chi connectivity index (χ2v) is 7.95. The number of hydrogen-bond acceptors (Lipinski definition) is 4. The van der Waals surface area contributed by atoms with Gasteiger partial charge >= 0.3 is 11.3 Å². The Morgan fingerprint density at radius 3 is 2.29 bits per heavy atom. The van der Waals surface area contributed by atoms with Crippen LogP contribution >= 0.6 is 11.5 Å². The summed E-state index contributed by atoms with van der Waals surface area (Å²) >= 11 is 1.23. The fraction of sp³-hybridized carbons (Fsp3) is 0.130. The van der Waals surface area contributed by atoms with Gasteiger partial charge in [-0.25, -0.2) is 0 Å². The van der Waals surface area contributed by atoms with E-state index < -0.39 is 11.7 Å². The number of nitrogens with zero attached hydrogens (tertiary/aromatic N) is 3. The van der Waals surface area contributed by atoms with Crippen molar-refractivity contribution in [2.24, 2.45) is 0 Å². The first kappa shape index (κ1) is 19.7. The normalized spacial score (nSPS) is 20.7. The summed E-state index contributed by atoms with van der Waals surface area (Å²) in [6, 6.07) is 22.4. The molecule has 3 aromatic carbocycles. The Hall–Kier alpha value is -3.23. The van der Waals surface area contributed by atoms with Gasteiger partial charge in [0.1, 0.15) is 18.6 Å². The Kier molecular flexibility index (Phi) is 4.75. The molecule has 1 unspecified atom stereocenters. The predicted octanol–water partition coefficient (Wildman–Crippen LogP) is 6.66. The van der Waals surface area contributed by atoms with E-state index in [0.29, 0.717) is 23.2 Å². The van der Waals surface area contributed by atoms with Crippen LogP contribution < -0.4 is 9.22 Å². The number of benzene rings is 3. The monoisotopic (exact) mass is 440 g/mol. The van der Waals surface area contributed by atoms with Crippen molar-refractivity contribution in [3.05, 3.63) is 96.3 Å². The van der Waals surface area contributed by atoms with E-state index in [2.05, 4.69) is 9.36 Å². The fourth-order valence-electron chi connectivity index (χ4n) is 4.19. The summed E-state index contributed by atoms with van der Waals surface area (Å²) in [6.45, 7) is 0.335. The van der Waals surface area contributed by atoms with E-state index in [1.807, 2.05) is 54.6 Å². The third-order valence-electron chi connectivity index (χ3n) is 5.55. The predicted molar refractivity (Wildman–Crippen MR) is 114 cm³/mol. The smallest absolute Gasteiger partial charge is 0.416 e. The number of halogens is 3. The first-order chi connectivity index (χ1) is 15.0. The summed E-state index contributed by atoms with van der Waals surface area (Å²) in [5.74, 6) is 0.671. The lowest BCUT2D eigenvalue weighted by atomic mass is 9.98. The molecule has 4 nitrogen and oxygen atoms in total. The Morgan fingerprint density at radius 1 is 0.903 bits per heavy atom. The van der Waals surface area contributed by atoms with Gasteiger partial charge in [0.15, 0.2) is 17.5 Å². The minimum Gasteiger partial charge on any atom is -0.481 e. The summed E-state index contributed by atoms with van der Waals surface area (Å²) in [6.07, 6.45) is -2.93. The first-order valence-corrected chi connectivity index (χ1v) is 10.4. The third kappa shape index (κ3) is 3.19. The highest BCUT2D eigenvalue weighted by atomic mass is 32.1. The second-order valence-electron chi connectivity index (χ2n) is 7.20. The summed E-state index contributed by atoms with van der Waals surface area (Å²) in [5, 5.41) is 0.657. The lowest BCUT2D eigenvalue weighted by Crippen LogP contribution is -2.48. The zero-order chi connectivity index (χ0) is 21.5. The van der Waals surface area contributed by atoms with Gasteiger partial charge in [-0.15, -0.1) is 0 Å². The van der Waals surface area contributed by atoms with Crippen molar-refractivity contribution in [3.8, 4) is 5.75 Å². The van der Waals surface area contributed by atoms with E-state index in [1.54, 1.807) is 0 Å². The number of fused-ring (bicyclic) bond motifs is 1. The third-order valence-corrected chi connectivity index (χ3v) is 6.30. The maximum Gasteiger partial charge on any atom is 0.416 e. The molecule has 1 aromatic heterocycles. The molecule has 0 saturated carbocycles. The van der Waals surface area contributed by atoms with E-state index >= 15 is 0 Å². The lowest BCUT2D eigenvalue weighted by molar-refractivity contribution is -0.137. The fourth-order valence-corrected chi connectivity index (χ4v) is 4.93.